The van der Waals surface area contributed by atoms with Crippen molar-refractivity contribution in [3.63, 3.8) is 0 Å². The predicted molar refractivity (Wildman–Crippen MR) is 131 cm³/mol. The second-order valence-electron chi connectivity index (χ2n) is 8.55. The summed E-state index contributed by atoms with van der Waals surface area (Å²) >= 11 is 6.00. The van der Waals surface area contributed by atoms with Crippen LogP contribution in [0.2, 0.25) is 5.02 Å². The van der Waals surface area contributed by atoms with E-state index in [1.54, 1.807) is 24.3 Å². The molecule has 1 aliphatic rings. The van der Waals surface area contributed by atoms with Crippen molar-refractivity contribution in [1.82, 2.24) is 15.6 Å². The zero-order valence-electron chi connectivity index (χ0n) is 18.9. The number of nitrogens with two attached hydrogens (primary N) is 2. The Kier molecular flexibility index (Phi) is 8.30. The Morgan fingerprint density at radius 2 is 1.73 bits per heavy atom. The molecule has 2 aromatic carbocycles. The van der Waals surface area contributed by atoms with E-state index in [4.69, 9.17) is 23.3 Å². The van der Waals surface area contributed by atoms with E-state index in [-0.39, 0.29) is 23.6 Å². The smallest absolute Gasteiger partial charge is 0.251 e. The van der Waals surface area contributed by atoms with Crippen LogP contribution in [0.5, 0.6) is 0 Å². The average Bonchev–Trinajstić information content (AvgIpc) is 2.83. The molecule has 3 rings (SSSR count). The van der Waals surface area contributed by atoms with Gasteiger partial charge in [-0.2, -0.15) is 5.10 Å². The molecule has 6 N–H and O–H groups in total. The normalized spacial score (nSPS) is 15.9. The summed E-state index contributed by atoms with van der Waals surface area (Å²) in [5.74, 6) is 10.9. The van der Waals surface area contributed by atoms with Gasteiger partial charge in [0.15, 0.2) is 5.84 Å². The Hall–Kier alpha value is -3.10. The molecule has 0 spiro atoms. The van der Waals surface area contributed by atoms with Crippen molar-refractivity contribution in [2.75, 3.05) is 13.1 Å². The van der Waals surface area contributed by atoms with Gasteiger partial charge in [-0.05, 0) is 54.5 Å². The third-order valence-electron chi connectivity index (χ3n) is 6.03. The van der Waals surface area contributed by atoms with E-state index in [0.29, 0.717) is 30.1 Å². The highest BCUT2D eigenvalue weighted by atomic mass is 35.5. The monoisotopic (exact) mass is 470 g/mol. The van der Waals surface area contributed by atoms with Gasteiger partial charge >= 0.3 is 0 Å². The van der Waals surface area contributed by atoms with Gasteiger partial charge in [-0.15, -0.1) is 0 Å². The second kappa shape index (κ2) is 11.2. The predicted octanol–water partition coefficient (Wildman–Crippen LogP) is 2.58. The van der Waals surface area contributed by atoms with Gasteiger partial charge in [0, 0.05) is 29.2 Å². The molecule has 33 heavy (non-hydrogen) atoms. The first kappa shape index (κ1) is 24.5. The van der Waals surface area contributed by atoms with Crippen LogP contribution in [0.3, 0.4) is 0 Å². The molecule has 1 heterocycles. The van der Waals surface area contributed by atoms with Crippen LogP contribution in [-0.2, 0) is 4.79 Å². The summed E-state index contributed by atoms with van der Waals surface area (Å²) in [6, 6.07) is 14.0. The Morgan fingerprint density at radius 3 is 2.30 bits per heavy atom. The number of hydrazine groups is 1. The number of amidine groups is 1. The zero-order valence-corrected chi connectivity index (χ0v) is 19.7. The van der Waals surface area contributed by atoms with Crippen LogP contribution < -0.4 is 22.4 Å². The molecule has 0 saturated carbocycles. The van der Waals surface area contributed by atoms with Crippen LogP contribution in [0.4, 0.5) is 0 Å². The van der Waals surface area contributed by atoms with Gasteiger partial charge in [-0.3, -0.25) is 9.59 Å². The molecule has 2 aromatic rings. The molecule has 0 unspecified atom stereocenters. The number of nitrogens with one attached hydrogen (secondary N) is 2. The Balaban J connectivity index is 1.65. The highest BCUT2D eigenvalue weighted by Crippen LogP contribution is 2.29. The van der Waals surface area contributed by atoms with Crippen LogP contribution >= 0.6 is 11.6 Å². The number of hydrogen-bond acceptors (Lipinski definition) is 5. The molecule has 1 fully saturated rings. The van der Waals surface area contributed by atoms with Crippen molar-refractivity contribution in [1.29, 1.82) is 0 Å². The fourth-order valence-corrected chi connectivity index (χ4v) is 4.23. The molecule has 9 heteroatoms. The summed E-state index contributed by atoms with van der Waals surface area (Å²) in [6.07, 6.45) is 1.75. The zero-order chi connectivity index (χ0) is 24.0. The fraction of sp³-hybridized carbons (Fsp3) is 0.375. The van der Waals surface area contributed by atoms with Crippen LogP contribution in [-0.4, -0.2) is 41.7 Å². The van der Waals surface area contributed by atoms with Gasteiger partial charge in [0.05, 0.1) is 0 Å². The van der Waals surface area contributed by atoms with E-state index in [0.717, 1.165) is 17.9 Å². The lowest BCUT2D eigenvalue weighted by atomic mass is 9.89. The molecule has 2 amide bonds. The highest BCUT2D eigenvalue weighted by Gasteiger charge is 2.31. The first-order chi connectivity index (χ1) is 15.8. The number of carbonyl (C=O) groups is 2. The fourth-order valence-electron chi connectivity index (χ4n) is 4.11. The second-order valence-corrected chi connectivity index (χ2v) is 8.99. The minimum absolute atomic E-state index is 0.0584. The molecule has 1 aliphatic heterocycles. The third-order valence-corrected chi connectivity index (χ3v) is 6.28. The molecular weight excluding hydrogens is 440 g/mol. The summed E-state index contributed by atoms with van der Waals surface area (Å²) in [4.78, 5) is 28.1. The van der Waals surface area contributed by atoms with Gasteiger partial charge in [0.2, 0.25) is 5.91 Å². The summed E-state index contributed by atoms with van der Waals surface area (Å²) in [5, 5.41) is 7.20. The number of benzene rings is 2. The lowest BCUT2D eigenvalue weighted by Gasteiger charge is -2.35. The number of amides is 2. The number of carbonyl (C=O) groups excluding carboxylic acids is 2. The van der Waals surface area contributed by atoms with Crippen molar-refractivity contribution in [2.45, 2.75) is 38.6 Å². The van der Waals surface area contributed by atoms with E-state index < -0.39 is 6.04 Å². The maximum atomic E-state index is 13.3. The Morgan fingerprint density at radius 1 is 1.09 bits per heavy atom. The number of likely N-dealkylation sites (tertiary alicyclic amines) is 1. The quantitative estimate of drug-likeness (QED) is 0.223. The number of halogens is 1. The summed E-state index contributed by atoms with van der Waals surface area (Å²) in [7, 11) is 0. The topological polar surface area (TPSA) is 126 Å². The van der Waals surface area contributed by atoms with Crippen molar-refractivity contribution >= 4 is 29.3 Å². The van der Waals surface area contributed by atoms with Crippen LogP contribution in [0.25, 0.3) is 0 Å². The van der Waals surface area contributed by atoms with Gasteiger partial charge in [0.1, 0.15) is 6.04 Å². The molecular formula is C24H31ClN6O2. The van der Waals surface area contributed by atoms with Gasteiger partial charge in [0.25, 0.3) is 5.91 Å². The third kappa shape index (κ3) is 6.03. The number of hydrazone groups is 1. The molecule has 0 aromatic heterocycles. The van der Waals surface area contributed by atoms with Crippen molar-refractivity contribution in [3.8, 4) is 0 Å². The molecule has 8 nitrogen and oxygen atoms in total. The van der Waals surface area contributed by atoms with Crippen LogP contribution in [0, 0.1) is 5.92 Å². The Bertz CT molecular complexity index is 1000. The van der Waals surface area contributed by atoms with Crippen molar-refractivity contribution in [3.05, 3.63) is 70.2 Å². The summed E-state index contributed by atoms with van der Waals surface area (Å²) in [5.41, 5.74) is 4.61. The van der Waals surface area contributed by atoms with E-state index in [1.165, 1.54) is 5.56 Å². The number of nitrogens with zero attached hydrogens (tertiary/aromatic N) is 2. The maximum Gasteiger partial charge on any atom is 0.251 e. The molecule has 1 atom stereocenters. The van der Waals surface area contributed by atoms with E-state index in [9.17, 15) is 9.59 Å². The minimum Gasteiger partial charge on any atom is -0.341 e. The Labute approximate surface area is 199 Å². The number of hydrogen-bond donors (Lipinski definition) is 4. The van der Waals surface area contributed by atoms with Crippen LogP contribution in [0.15, 0.2) is 53.6 Å². The maximum absolute atomic E-state index is 13.3. The molecule has 0 radical (unpaired) electrons. The van der Waals surface area contributed by atoms with Crippen molar-refractivity contribution in [2.24, 2.45) is 22.7 Å². The van der Waals surface area contributed by atoms with E-state index in [2.05, 4.69) is 28.0 Å². The van der Waals surface area contributed by atoms with Crippen molar-refractivity contribution < 1.29 is 9.59 Å². The minimum atomic E-state index is -0.622. The SMILES string of the molecule is CC(C)[C@@H](NC(=O)c1cccc(C(=NN)NN)c1)C(=O)N1CCC(c2ccc(Cl)cc2)CC1. The lowest BCUT2D eigenvalue weighted by Crippen LogP contribution is -2.52. The molecule has 176 valence electrons. The first-order valence-corrected chi connectivity index (χ1v) is 11.4. The molecule has 0 bridgehead atoms. The summed E-state index contributed by atoms with van der Waals surface area (Å²) < 4.78 is 0. The van der Waals surface area contributed by atoms with E-state index in [1.807, 2.05) is 30.9 Å². The van der Waals surface area contributed by atoms with E-state index >= 15 is 0 Å². The standard InChI is InChI=1S/C24H31ClN6O2/c1-15(2)21(28-23(32)19-5-3-4-18(14-19)22(29-26)30-27)24(33)31-12-10-17(11-13-31)16-6-8-20(25)9-7-16/h3-9,14-15,17,21H,10-13,26-27H2,1-2H3,(H,28,32)(H,29,30)/t21-/m1/s1. The van der Waals surface area contributed by atoms with Gasteiger partial charge in [-0.25, -0.2) is 5.84 Å². The van der Waals surface area contributed by atoms with Crippen LogP contribution in [0.1, 0.15) is 54.1 Å². The number of piperidine rings is 1. The average molecular weight is 471 g/mol. The molecule has 1 saturated heterocycles. The largest absolute Gasteiger partial charge is 0.341 e. The number of rotatable bonds is 6. The lowest BCUT2D eigenvalue weighted by molar-refractivity contribution is -0.135. The van der Waals surface area contributed by atoms with Gasteiger partial charge < -0.3 is 21.5 Å². The van der Waals surface area contributed by atoms with Gasteiger partial charge in [-0.1, -0.05) is 49.7 Å². The first-order valence-electron chi connectivity index (χ1n) is 11.0. The summed E-state index contributed by atoms with van der Waals surface area (Å²) in [6.45, 7) is 5.16. The highest BCUT2D eigenvalue weighted by molar-refractivity contribution is 6.30. The molecule has 0 aliphatic carbocycles.